The number of rotatable bonds is 5. The van der Waals surface area contributed by atoms with Gasteiger partial charge in [0.1, 0.15) is 5.75 Å². The number of carbonyl (C=O) groups excluding carboxylic acids is 1. The van der Waals surface area contributed by atoms with Crippen molar-refractivity contribution in [2.75, 3.05) is 26.3 Å². The van der Waals surface area contributed by atoms with Gasteiger partial charge in [0.05, 0.1) is 19.8 Å². The summed E-state index contributed by atoms with van der Waals surface area (Å²) in [6.07, 6.45) is 0. The predicted molar refractivity (Wildman–Crippen MR) is 99.4 cm³/mol. The normalized spacial score (nSPS) is 18.5. The Balaban J connectivity index is 0.00000288. The van der Waals surface area contributed by atoms with Gasteiger partial charge in [-0.1, -0.05) is 45.9 Å². The van der Waals surface area contributed by atoms with Crippen LogP contribution in [0.5, 0.6) is 5.75 Å². The van der Waals surface area contributed by atoms with Crippen molar-refractivity contribution in [1.29, 1.82) is 0 Å². The number of benzene rings is 1. The number of morpholine rings is 1. The molecule has 0 bridgehead atoms. The smallest absolute Gasteiger partial charge is 0.325 e. The van der Waals surface area contributed by atoms with Gasteiger partial charge in [0.15, 0.2) is 0 Å². The van der Waals surface area contributed by atoms with Gasteiger partial charge in [-0.15, -0.1) is 12.4 Å². The molecule has 1 unspecified atom stereocenters. The van der Waals surface area contributed by atoms with Crippen LogP contribution in [0.2, 0.25) is 0 Å². The van der Waals surface area contributed by atoms with Gasteiger partial charge in [0.25, 0.3) is 0 Å². The molecule has 0 radical (unpaired) electrons. The van der Waals surface area contributed by atoms with E-state index >= 15 is 0 Å². The molecule has 2 rings (SSSR count). The Hall–Kier alpha value is -1.10. The summed E-state index contributed by atoms with van der Waals surface area (Å²) in [5.41, 5.74) is 2.19. The van der Waals surface area contributed by atoms with Crippen molar-refractivity contribution in [2.45, 2.75) is 52.5 Å². The molecule has 1 saturated heterocycles. The van der Waals surface area contributed by atoms with E-state index in [1.54, 1.807) is 0 Å². The Morgan fingerprint density at radius 2 is 1.83 bits per heavy atom. The summed E-state index contributed by atoms with van der Waals surface area (Å²) in [6.45, 7) is 13.0. The van der Waals surface area contributed by atoms with Crippen molar-refractivity contribution in [2.24, 2.45) is 0 Å². The lowest BCUT2D eigenvalue weighted by atomic mass is 9.94. The highest BCUT2D eigenvalue weighted by Crippen LogP contribution is 2.34. The summed E-state index contributed by atoms with van der Waals surface area (Å²) < 4.78 is 11.2. The standard InChI is InChI=1S/C19H29NO3.ClH/c1-13(2)16-7-6-8-17(14(3)4)19(16)23-18(21)11-20-9-10-22-12-15(20)5;/h6-8,13-15H,9-12H2,1-5H3;1H. The molecule has 0 aliphatic carbocycles. The minimum Gasteiger partial charge on any atom is -0.425 e. The Morgan fingerprint density at radius 1 is 1.25 bits per heavy atom. The molecule has 1 aromatic carbocycles. The van der Waals surface area contributed by atoms with E-state index in [2.05, 4.69) is 51.7 Å². The largest absolute Gasteiger partial charge is 0.425 e. The fourth-order valence-electron chi connectivity index (χ4n) is 2.91. The third kappa shape index (κ3) is 5.20. The van der Waals surface area contributed by atoms with E-state index in [0.29, 0.717) is 31.6 Å². The maximum absolute atomic E-state index is 12.5. The molecular formula is C19H30ClNO3. The van der Waals surface area contributed by atoms with E-state index in [1.807, 2.05) is 6.07 Å². The van der Waals surface area contributed by atoms with Gasteiger partial charge in [0.2, 0.25) is 0 Å². The topological polar surface area (TPSA) is 38.8 Å². The Kier molecular flexibility index (Phi) is 8.20. The SMILES string of the molecule is CC(C)c1cccc(C(C)C)c1OC(=O)CN1CCOCC1C.Cl. The average molecular weight is 356 g/mol. The number of hydrogen-bond donors (Lipinski definition) is 0. The lowest BCUT2D eigenvalue weighted by Gasteiger charge is -2.32. The highest BCUT2D eigenvalue weighted by atomic mass is 35.5. The lowest BCUT2D eigenvalue weighted by molar-refractivity contribution is -0.138. The second-order valence-corrected chi connectivity index (χ2v) is 6.94. The maximum atomic E-state index is 12.5. The van der Waals surface area contributed by atoms with E-state index in [1.165, 1.54) is 0 Å². The van der Waals surface area contributed by atoms with Crippen LogP contribution >= 0.6 is 12.4 Å². The van der Waals surface area contributed by atoms with Gasteiger partial charge in [-0.25, -0.2) is 0 Å². The van der Waals surface area contributed by atoms with Crippen LogP contribution in [0.15, 0.2) is 18.2 Å². The molecule has 1 aliphatic heterocycles. The van der Waals surface area contributed by atoms with Crippen molar-refractivity contribution in [3.63, 3.8) is 0 Å². The number of carbonyl (C=O) groups is 1. The number of nitrogens with zero attached hydrogens (tertiary/aromatic N) is 1. The molecule has 136 valence electrons. The highest BCUT2D eigenvalue weighted by Gasteiger charge is 2.24. The molecule has 24 heavy (non-hydrogen) atoms. The van der Waals surface area contributed by atoms with Gasteiger partial charge in [-0.3, -0.25) is 9.69 Å². The van der Waals surface area contributed by atoms with Gasteiger partial charge in [-0.2, -0.15) is 0 Å². The van der Waals surface area contributed by atoms with Crippen molar-refractivity contribution in [1.82, 2.24) is 4.90 Å². The first-order valence-electron chi connectivity index (χ1n) is 8.55. The zero-order valence-corrected chi connectivity index (χ0v) is 16.2. The van der Waals surface area contributed by atoms with Gasteiger partial charge in [-0.05, 0) is 29.9 Å². The number of hydrogen-bond acceptors (Lipinski definition) is 4. The van der Waals surface area contributed by atoms with E-state index in [0.717, 1.165) is 23.4 Å². The van der Waals surface area contributed by atoms with E-state index in [4.69, 9.17) is 9.47 Å². The van der Waals surface area contributed by atoms with E-state index < -0.39 is 0 Å². The third-order valence-corrected chi connectivity index (χ3v) is 4.37. The molecule has 1 aliphatic rings. The van der Waals surface area contributed by atoms with Crippen LogP contribution in [0.25, 0.3) is 0 Å². The molecule has 0 spiro atoms. The second-order valence-electron chi connectivity index (χ2n) is 6.94. The Labute approximate surface area is 151 Å². The zero-order chi connectivity index (χ0) is 17.0. The average Bonchev–Trinajstić information content (AvgIpc) is 2.49. The number of esters is 1. The summed E-state index contributed by atoms with van der Waals surface area (Å²) in [7, 11) is 0. The van der Waals surface area contributed by atoms with E-state index in [9.17, 15) is 4.79 Å². The molecule has 1 heterocycles. The van der Waals surface area contributed by atoms with Crippen LogP contribution in [-0.4, -0.2) is 43.2 Å². The highest BCUT2D eigenvalue weighted by molar-refractivity contribution is 5.85. The lowest BCUT2D eigenvalue weighted by Crippen LogP contribution is -2.46. The molecule has 0 amide bonds. The van der Waals surface area contributed by atoms with E-state index in [-0.39, 0.29) is 24.4 Å². The predicted octanol–water partition coefficient (Wildman–Crippen LogP) is 3.98. The van der Waals surface area contributed by atoms with Crippen LogP contribution in [0.1, 0.15) is 57.6 Å². The van der Waals surface area contributed by atoms with Crippen molar-refractivity contribution in [3.05, 3.63) is 29.3 Å². The first-order chi connectivity index (χ1) is 10.9. The third-order valence-electron chi connectivity index (χ3n) is 4.37. The van der Waals surface area contributed by atoms with Crippen molar-refractivity contribution < 1.29 is 14.3 Å². The van der Waals surface area contributed by atoms with Crippen molar-refractivity contribution in [3.8, 4) is 5.75 Å². The number of halogens is 1. The van der Waals surface area contributed by atoms with Gasteiger partial charge < -0.3 is 9.47 Å². The molecular weight excluding hydrogens is 326 g/mol. The first-order valence-corrected chi connectivity index (χ1v) is 8.55. The van der Waals surface area contributed by atoms with Crippen LogP contribution in [0.4, 0.5) is 0 Å². The molecule has 1 fully saturated rings. The molecule has 0 saturated carbocycles. The maximum Gasteiger partial charge on any atom is 0.325 e. The minimum absolute atomic E-state index is 0. The number of para-hydroxylation sites is 1. The summed E-state index contributed by atoms with van der Waals surface area (Å²) in [6, 6.07) is 6.40. The van der Waals surface area contributed by atoms with Crippen LogP contribution in [0, 0.1) is 0 Å². The fraction of sp³-hybridized carbons (Fsp3) is 0.632. The van der Waals surface area contributed by atoms with Crippen LogP contribution in [0.3, 0.4) is 0 Å². The van der Waals surface area contributed by atoms with Crippen molar-refractivity contribution >= 4 is 18.4 Å². The summed E-state index contributed by atoms with van der Waals surface area (Å²) >= 11 is 0. The van der Waals surface area contributed by atoms with Gasteiger partial charge >= 0.3 is 5.97 Å². The molecule has 5 heteroatoms. The van der Waals surface area contributed by atoms with Crippen LogP contribution < -0.4 is 4.74 Å². The monoisotopic (exact) mass is 355 g/mol. The number of ether oxygens (including phenoxy) is 2. The second kappa shape index (κ2) is 9.40. The van der Waals surface area contributed by atoms with Gasteiger partial charge in [0, 0.05) is 12.6 Å². The Morgan fingerprint density at radius 3 is 2.33 bits per heavy atom. The molecule has 4 nitrogen and oxygen atoms in total. The summed E-state index contributed by atoms with van der Waals surface area (Å²) in [5, 5.41) is 0. The summed E-state index contributed by atoms with van der Waals surface area (Å²) in [5.74, 6) is 1.20. The zero-order valence-electron chi connectivity index (χ0n) is 15.4. The Bertz CT molecular complexity index is 519. The van der Waals surface area contributed by atoms with Crippen LogP contribution in [-0.2, 0) is 9.53 Å². The molecule has 0 aromatic heterocycles. The quantitative estimate of drug-likeness (QED) is 0.591. The fourth-order valence-corrected chi connectivity index (χ4v) is 2.91. The minimum atomic E-state index is -0.186. The summed E-state index contributed by atoms with van der Waals surface area (Å²) in [4.78, 5) is 14.6. The first kappa shape index (κ1) is 20.9. The molecule has 1 aromatic rings. The molecule has 0 N–H and O–H groups in total. The molecule has 1 atom stereocenters.